The fourth-order valence-electron chi connectivity index (χ4n) is 2.94. The SMILES string of the molecule is CC1(C)CCC(NC(CN)c2cccc(F)c2F)C1. The molecule has 2 nitrogen and oxygen atoms in total. The Kier molecular flexibility index (Phi) is 4.21. The average molecular weight is 268 g/mol. The Morgan fingerprint density at radius 2 is 2.16 bits per heavy atom. The molecule has 1 saturated carbocycles. The predicted molar refractivity (Wildman–Crippen MR) is 72.7 cm³/mol. The zero-order valence-electron chi connectivity index (χ0n) is 11.5. The Hall–Kier alpha value is -1.00. The van der Waals surface area contributed by atoms with Crippen LogP contribution in [0.25, 0.3) is 0 Å². The van der Waals surface area contributed by atoms with Crippen LogP contribution in [0, 0.1) is 17.0 Å². The molecule has 1 aromatic rings. The minimum atomic E-state index is -0.815. The van der Waals surface area contributed by atoms with Gasteiger partial charge in [-0.2, -0.15) is 0 Å². The van der Waals surface area contributed by atoms with Crippen molar-refractivity contribution in [3.8, 4) is 0 Å². The lowest BCUT2D eigenvalue weighted by Gasteiger charge is -2.24. The molecule has 0 saturated heterocycles. The summed E-state index contributed by atoms with van der Waals surface area (Å²) in [6, 6.07) is 4.26. The van der Waals surface area contributed by atoms with Crippen molar-refractivity contribution in [2.24, 2.45) is 11.1 Å². The highest BCUT2D eigenvalue weighted by Crippen LogP contribution is 2.37. The smallest absolute Gasteiger partial charge is 0.163 e. The molecule has 2 rings (SSSR count). The molecule has 106 valence electrons. The molecular formula is C15H22F2N2. The van der Waals surface area contributed by atoms with Crippen LogP contribution in [0.2, 0.25) is 0 Å². The standard InChI is InChI=1S/C15H22F2N2/c1-15(2)7-6-10(8-15)19-13(9-18)11-4-3-5-12(16)14(11)17/h3-5,10,13,19H,6-9,18H2,1-2H3. The predicted octanol–water partition coefficient (Wildman–Crippen LogP) is 3.13. The van der Waals surface area contributed by atoms with Crippen LogP contribution >= 0.6 is 0 Å². The van der Waals surface area contributed by atoms with Crippen LogP contribution in [-0.2, 0) is 0 Å². The van der Waals surface area contributed by atoms with E-state index in [9.17, 15) is 8.78 Å². The molecule has 2 unspecified atom stereocenters. The summed E-state index contributed by atoms with van der Waals surface area (Å²) in [6.45, 7) is 4.72. The molecule has 0 spiro atoms. The minimum Gasteiger partial charge on any atom is -0.329 e. The van der Waals surface area contributed by atoms with Gasteiger partial charge < -0.3 is 11.1 Å². The van der Waals surface area contributed by atoms with Gasteiger partial charge in [0.2, 0.25) is 0 Å². The minimum absolute atomic E-state index is 0.261. The summed E-state index contributed by atoms with van der Waals surface area (Å²) in [7, 11) is 0. The van der Waals surface area contributed by atoms with Gasteiger partial charge in [0.25, 0.3) is 0 Å². The number of rotatable bonds is 4. The fourth-order valence-corrected chi connectivity index (χ4v) is 2.94. The van der Waals surface area contributed by atoms with E-state index in [0.717, 1.165) is 25.3 Å². The van der Waals surface area contributed by atoms with E-state index in [2.05, 4.69) is 19.2 Å². The second kappa shape index (κ2) is 5.55. The van der Waals surface area contributed by atoms with Crippen LogP contribution in [0.15, 0.2) is 18.2 Å². The summed E-state index contributed by atoms with van der Waals surface area (Å²) in [5, 5.41) is 3.37. The van der Waals surface area contributed by atoms with Crippen molar-refractivity contribution in [3.05, 3.63) is 35.4 Å². The van der Waals surface area contributed by atoms with Crippen LogP contribution in [0.4, 0.5) is 8.78 Å². The van der Waals surface area contributed by atoms with Gasteiger partial charge in [-0.05, 0) is 30.7 Å². The number of nitrogens with one attached hydrogen (secondary N) is 1. The molecule has 19 heavy (non-hydrogen) atoms. The Balaban J connectivity index is 2.11. The van der Waals surface area contributed by atoms with E-state index in [-0.39, 0.29) is 12.6 Å². The lowest BCUT2D eigenvalue weighted by Crippen LogP contribution is -2.36. The summed E-state index contributed by atoms with van der Waals surface area (Å²) in [6.07, 6.45) is 3.24. The van der Waals surface area contributed by atoms with Gasteiger partial charge in [0.1, 0.15) is 0 Å². The number of hydrogen-bond acceptors (Lipinski definition) is 2. The summed E-state index contributed by atoms with van der Waals surface area (Å²) in [4.78, 5) is 0. The van der Waals surface area contributed by atoms with Crippen molar-refractivity contribution in [1.82, 2.24) is 5.32 Å². The van der Waals surface area contributed by atoms with Gasteiger partial charge in [-0.15, -0.1) is 0 Å². The summed E-state index contributed by atoms with van der Waals surface area (Å²) in [5.41, 5.74) is 6.36. The third kappa shape index (κ3) is 3.31. The highest BCUT2D eigenvalue weighted by Gasteiger charge is 2.32. The molecular weight excluding hydrogens is 246 g/mol. The van der Waals surface area contributed by atoms with Crippen LogP contribution < -0.4 is 11.1 Å². The van der Waals surface area contributed by atoms with E-state index in [1.807, 2.05) is 0 Å². The molecule has 0 bridgehead atoms. The van der Waals surface area contributed by atoms with Crippen molar-refractivity contribution in [2.45, 2.75) is 45.2 Å². The van der Waals surface area contributed by atoms with Crippen molar-refractivity contribution in [3.63, 3.8) is 0 Å². The second-order valence-corrected chi connectivity index (χ2v) is 6.20. The fraction of sp³-hybridized carbons (Fsp3) is 0.600. The quantitative estimate of drug-likeness (QED) is 0.880. The van der Waals surface area contributed by atoms with E-state index >= 15 is 0 Å². The maximum atomic E-state index is 13.8. The maximum absolute atomic E-state index is 13.8. The number of halogens is 2. The van der Waals surface area contributed by atoms with Crippen molar-refractivity contribution in [2.75, 3.05) is 6.54 Å². The second-order valence-electron chi connectivity index (χ2n) is 6.20. The topological polar surface area (TPSA) is 38.0 Å². The van der Waals surface area contributed by atoms with Crippen LogP contribution in [0.5, 0.6) is 0 Å². The molecule has 0 amide bonds. The number of hydrogen-bond donors (Lipinski definition) is 2. The zero-order chi connectivity index (χ0) is 14.0. The highest BCUT2D eigenvalue weighted by atomic mass is 19.2. The maximum Gasteiger partial charge on any atom is 0.163 e. The van der Waals surface area contributed by atoms with Gasteiger partial charge in [0.05, 0.1) is 0 Å². The Labute approximate surface area is 113 Å². The van der Waals surface area contributed by atoms with E-state index in [0.29, 0.717) is 17.0 Å². The molecule has 3 N–H and O–H groups in total. The van der Waals surface area contributed by atoms with E-state index in [1.54, 1.807) is 6.07 Å². The van der Waals surface area contributed by atoms with Crippen LogP contribution in [0.3, 0.4) is 0 Å². The molecule has 1 aliphatic carbocycles. The van der Waals surface area contributed by atoms with E-state index < -0.39 is 11.6 Å². The Morgan fingerprint density at radius 1 is 1.42 bits per heavy atom. The lowest BCUT2D eigenvalue weighted by molar-refractivity contribution is 0.350. The highest BCUT2D eigenvalue weighted by molar-refractivity contribution is 5.23. The molecule has 1 aliphatic rings. The first-order valence-electron chi connectivity index (χ1n) is 6.83. The molecule has 2 atom stereocenters. The third-order valence-corrected chi connectivity index (χ3v) is 4.00. The van der Waals surface area contributed by atoms with Gasteiger partial charge in [-0.25, -0.2) is 8.78 Å². The van der Waals surface area contributed by atoms with E-state index in [4.69, 9.17) is 5.73 Å². The van der Waals surface area contributed by atoms with Gasteiger partial charge in [-0.1, -0.05) is 26.0 Å². The first-order chi connectivity index (χ1) is 8.93. The molecule has 1 aromatic carbocycles. The Morgan fingerprint density at radius 3 is 2.74 bits per heavy atom. The monoisotopic (exact) mass is 268 g/mol. The average Bonchev–Trinajstić information content (AvgIpc) is 2.70. The van der Waals surface area contributed by atoms with E-state index in [1.165, 1.54) is 6.07 Å². The summed E-state index contributed by atoms with van der Waals surface area (Å²) in [5.74, 6) is -1.60. The van der Waals surface area contributed by atoms with Gasteiger partial charge in [0, 0.05) is 24.2 Å². The number of nitrogens with two attached hydrogens (primary N) is 1. The molecule has 0 radical (unpaired) electrons. The normalized spacial score (nSPS) is 23.5. The van der Waals surface area contributed by atoms with Gasteiger partial charge >= 0.3 is 0 Å². The van der Waals surface area contributed by atoms with Crippen molar-refractivity contribution >= 4 is 0 Å². The number of benzene rings is 1. The van der Waals surface area contributed by atoms with Crippen molar-refractivity contribution < 1.29 is 8.78 Å². The molecule has 4 heteroatoms. The van der Waals surface area contributed by atoms with Crippen molar-refractivity contribution in [1.29, 1.82) is 0 Å². The zero-order valence-corrected chi connectivity index (χ0v) is 11.5. The van der Waals surface area contributed by atoms with Gasteiger partial charge in [0.15, 0.2) is 11.6 Å². The van der Waals surface area contributed by atoms with Crippen LogP contribution in [-0.4, -0.2) is 12.6 Å². The third-order valence-electron chi connectivity index (χ3n) is 4.00. The lowest BCUT2D eigenvalue weighted by atomic mass is 9.91. The van der Waals surface area contributed by atoms with Gasteiger partial charge in [-0.3, -0.25) is 0 Å². The van der Waals surface area contributed by atoms with Crippen LogP contribution in [0.1, 0.15) is 44.7 Å². The first-order valence-corrected chi connectivity index (χ1v) is 6.83. The summed E-state index contributed by atoms with van der Waals surface area (Å²) < 4.78 is 27.1. The largest absolute Gasteiger partial charge is 0.329 e. The Bertz CT molecular complexity index is 446. The summed E-state index contributed by atoms with van der Waals surface area (Å²) >= 11 is 0. The molecule has 1 fully saturated rings. The molecule has 0 heterocycles. The molecule has 0 aromatic heterocycles. The first kappa shape index (κ1) is 14.4. The molecule has 0 aliphatic heterocycles.